The van der Waals surface area contributed by atoms with Crippen LogP contribution in [0.1, 0.15) is 32.6 Å². The SMILES string of the molecule is CC(C)(C)OC(=O)N1CC(Oc2ccc(C(N)O)c(Cl)c2)C1. The van der Waals surface area contributed by atoms with Crippen LogP contribution in [0.3, 0.4) is 0 Å². The molecule has 1 aliphatic rings. The first kappa shape index (κ1) is 16.9. The highest BCUT2D eigenvalue weighted by molar-refractivity contribution is 6.31. The Bertz CT molecular complexity index is 551. The second-order valence-electron chi connectivity index (χ2n) is 6.25. The molecule has 1 aromatic rings. The van der Waals surface area contributed by atoms with Crippen molar-refractivity contribution in [2.45, 2.75) is 38.7 Å². The quantitative estimate of drug-likeness (QED) is 0.831. The molecule has 2 rings (SSSR count). The molecule has 0 aromatic heterocycles. The van der Waals surface area contributed by atoms with Gasteiger partial charge in [-0.3, -0.25) is 0 Å². The lowest BCUT2D eigenvalue weighted by Gasteiger charge is -2.39. The smallest absolute Gasteiger partial charge is 0.410 e. The Morgan fingerprint density at radius 3 is 2.59 bits per heavy atom. The monoisotopic (exact) mass is 328 g/mol. The lowest BCUT2D eigenvalue weighted by Crippen LogP contribution is -2.57. The van der Waals surface area contributed by atoms with Crippen molar-refractivity contribution in [1.82, 2.24) is 4.90 Å². The van der Waals surface area contributed by atoms with E-state index in [4.69, 9.17) is 26.8 Å². The van der Waals surface area contributed by atoms with Gasteiger partial charge in [0.2, 0.25) is 0 Å². The molecule has 0 bridgehead atoms. The number of hydrogen-bond acceptors (Lipinski definition) is 5. The number of amides is 1. The summed E-state index contributed by atoms with van der Waals surface area (Å²) in [5, 5.41) is 9.66. The maximum atomic E-state index is 11.8. The number of ether oxygens (including phenoxy) is 2. The van der Waals surface area contributed by atoms with E-state index in [2.05, 4.69) is 0 Å². The molecule has 22 heavy (non-hydrogen) atoms. The first-order valence-electron chi connectivity index (χ1n) is 7.03. The van der Waals surface area contributed by atoms with Crippen molar-refractivity contribution in [3.8, 4) is 5.75 Å². The Balaban J connectivity index is 1.85. The fourth-order valence-electron chi connectivity index (χ4n) is 2.00. The van der Waals surface area contributed by atoms with E-state index in [0.29, 0.717) is 29.4 Å². The highest BCUT2D eigenvalue weighted by atomic mass is 35.5. The third kappa shape index (κ3) is 4.25. The van der Waals surface area contributed by atoms with Gasteiger partial charge in [-0.15, -0.1) is 0 Å². The second-order valence-corrected chi connectivity index (χ2v) is 6.66. The van der Waals surface area contributed by atoms with Crippen LogP contribution in [0.25, 0.3) is 0 Å². The number of nitrogens with zero attached hydrogens (tertiary/aromatic N) is 1. The van der Waals surface area contributed by atoms with Gasteiger partial charge in [-0.1, -0.05) is 11.6 Å². The fraction of sp³-hybridized carbons (Fsp3) is 0.533. The Labute approximate surface area is 134 Å². The van der Waals surface area contributed by atoms with Crippen LogP contribution in [0.2, 0.25) is 5.02 Å². The highest BCUT2D eigenvalue weighted by Crippen LogP contribution is 2.27. The summed E-state index contributed by atoms with van der Waals surface area (Å²) in [6.45, 7) is 6.41. The topological polar surface area (TPSA) is 85.0 Å². The molecule has 1 atom stereocenters. The summed E-state index contributed by atoms with van der Waals surface area (Å²) in [6.07, 6.45) is -1.56. The van der Waals surface area contributed by atoms with E-state index in [1.54, 1.807) is 23.1 Å². The molecule has 1 fully saturated rings. The van der Waals surface area contributed by atoms with Gasteiger partial charge in [-0.25, -0.2) is 4.79 Å². The molecular formula is C15H21ClN2O4. The lowest BCUT2D eigenvalue weighted by atomic mass is 10.1. The van der Waals surface area contributed by atoms with Gasteiger partial charge in [0, 0.05) is 5.56 Å². The molecule has 1 aromatic carbocycles. The maximum absolute atomic E-state index is 11.8. The molecule has 0 spiro atoms. The summed E-state index contributed by atoms with van der Waals surface area (Å²) in [6, 6.07) is 4.91. The summed E-state index contributed by atoms with van der Waals surface area (Å²) in [7, 11) is 0. The Kier molecular flexibility index (Phi) is 4.84. The largest absolute Gasteiger partial charge is 0.487 e. The number of aliphatic hydroxyl groups is 1. The number of nitrogens with two attached hydrogens (primary N) is 1. The number of carbonyl (C=O) groups is 1. The molecule has 1 unspecified atom stereocenters. The summed E-state index contributed by atoms with van der Waals surface area (Å²) < 4.78 is 11.0. The molecule has 0 saturated carbocycles. The number of hydrogen-bond donors (Lipinski definition) is 2. The predicted molar refractivity (Wildman–Crippen MR) is 82.8 cm³/mol. The second kappa shape index (κ2) is 6.32. The van der Waals surface area contributed by atoms with Gasteiger partial charge >= 0.3 is 6.09 Å². The third-order valence-corrected chi connectivity index (χ3v) is 3.42. The van der Waals surface area contributed by atoms with Crippen molar-refractivity contribution in [2.75, 3.05) is 13.1 Å². The van der Waals surface area contributed by atoms with E-state index in [0.717, 1.165) is 0 Å². The van der Waals surface area contributed by atoms with Crippen molar-refractivity contribution < 1.29 is 19.4 Å². The van der Waals surface area contributed by atoms with Crippen LogP contribution in [0.4, 0.5) is 4.79 Å². The van der Waals surface area contributed by atoms with Gasteiger partial charge in [0.25, 0.3) is 0 Å². The first-order chi connectivity index (χ1) is 10.2. The van der Waals surface area contributed by atoms with Crippen LogP contribution < -0.4 is 10.5 Å². The third-order valence-electron chi connectivity index (χ3n) is 3.09. The minimum atomic E-state index is -1.12. The van der Waals surface area contributed by atoms with Crippen molar-refractivity contribution in [3.05, 3.63) is 28.8 Å². The van der Waals surface area contributed by atoms with Gasteiger partial charge in [0.1, 0.15) is 23.7 Å². The van der Waals surface area contributed by atoms with Gasteiger partial charge in [0.15, 0.2) is 0 Å². The van der Waals surface area contributed by atoms with Crippen molar-refractivity contribution in [1.29, 1.82) is 0 Å². The number of likely N-dealkylation sites (tertiary alicyclic amines) is 1. The molecule has 6 nitrogen and oxygen atoms in total. The average Bonchev–Trinajstić information content (AvgIpc) is 2.30. The Morgan fingerprint density at radius 1 is 1.45 bits per heavy atom. The lowest BCUT2D eigenvalue weighted by molar-refractivity contribution is -0.0221. The molecule has 0 aliphatic carbocycles. The van der Waals surface area contributed by atoms with Crippen molar-refractivity contribution in [2.24, 2.45) is 5.73 Å². The van der Waals surface area contributed by atoms with E-state index in [1.165, 1.54) is 0 Å². The zero-order chi connectivity index (χ0) is 16.5. The van der Waals surface area contributed by atoms with Crippen molar-refractivity contribution >= 4 is 17.7 Å². The van der Waals surface area contributed by atoms with Crippen LogP contribution in [0.15, 0.2) is 18.2 Å². The maximum Gasteiger partial charge on any atom is 0.410 e. The predicted octanol–water partition coefficient (Wildman–Crippen LogP) is 2.29. The van der Waals surface area contributed by atoms with Crippen LogP contribution in [-0.2, 0) is 4.74 Å². The molecule has 7 heteroatoms. The van der Waals surface area contributed by atoms with Gasteiger partial charge in [0.05, 0.1) is 18.1 Å². The molecule has 1 aliphatic heterocycles. The normalized spacial score (nSPS) is 16.9. The summed E-state index contributed by atoms with van der Waals surface area (Å²) >= 11 is 6.02. The number of benzene rings is 1. The van der Waals surface area contributed by atoms with Crippen molar-refractivity contribution in [3.63, 3.8) is 0 Å². The van der Waals surface area contributed by atoms with Crippen LogP contribution >= 0.6 is 11.6 Å². The van der Waals surface area contributed by atoms with E-state index in [9.17, 15) is 9.90 Å². The van der Waals surface area contributed by atoms with E-state index < -0.39 is 11.8 Å². The van der Waals surface area contributed by atoms with Gasteiger partial charge < -0.3 is 25.2 Å². The minimum absolute atomic E-state index is 0.0998. The van der Waals surface area contributed by atoms with Crippen LogP contribution in [-0.4, -0.2) is 40.9 Å². The molecule has 0 radical (unpaired) electrons. The number of halogens is 1. The first-order valence-corrected chi connectivity index (χ1v) is 7.41. The standard InChI is InChI=1S/C15H21ClN2O4/c1-15(2,3)22-14(20)18-7-10(8-18)21-9-4-5-11(13(17)19)12(16)6-9/h4-6,10,13,19H,7-8,17H2,1-3H3. The number of rotatable bonds is 3. The molecule has 1 amide bonds. The average molecular weight is 329 g/mol. The molecule has 3 N–H and O–H groups in total. The number of aliphatic hydroxyl groups excluding tert-OH is 1. The van der Waals surface area contributed by atoms with E-state index in [-0.39, 0.29) is 12.2 Å². The van der Waals surface area contributed by atoms with Crippen LogP contribution in [0, 0.1) is 0 Å². The van der Waals surface area contributed by atoms with Gasteiger partial charge in [-0.2, -0.15) is 0 Å². The minimum Gasteiger partial charge on any atom is -0.487 e. The number of carbonyl (C=O) groups excluding carboxylic acids is 1. The highest BCUT2D eigenvalue weighted by Gasteiger charge is 2.35. The van der Waals surface area contributed by atoms with E-state index >= 15 is 0 Å². The summed E-state index contributed by atoms with van der Waals surface area (Å²) in [4.78, 5) is 13.4. The van der Waals surface area contributed by atoms with E-state index in [1.807, 2.05) is 20.8 Å². The fourth-order valence-corrected chi connectivity index (χ4v) is 2.28. The van der Waals surface area contributed by atoms with Gasteiger partial charge in [-0.05, 0) is 39.0 Å². The zero-order valence-corrected chi connectivity index (χ0v) is 13.6. The Hall–Kier alpha value is -1.50. The molecule has 122 valence electrons. The summed E-state index contributed by atoms with van der Waals surface area (Å²) in [5.41, 5.74) is 5.32. The molecular weight excluding hydrogens is 308 g/mol. The molecule has 1 saturated heterocycles. The summed E-state index contributed by atoms with van der Waals surface area (Å²) in [5.74, 6) is 0.572. The zero-order valence-electron chi connectivity index (χ0n) is 12.9. The van der Waals surface area contributed by atoms with Crippen LogP contribution in [0.5, 0.6) is 5.75 Å². The molecule has 1 heterocycles. The Morgan fingerprint density at radius 2 is 2.09 bits per heavy atom.